The second-order valence-corrected chi connectivity index (χ2v) is 14.9. The van der Waals surface area contributed by atoms with Gasteiger partial charge in [-0.05, 0) is 101 Å². The van der Waals surface area contributed by atoms with Gasteiger partial charge in [0.05, 0.1) is 59.7 Å². The van der Waals surface area contributed by atoms with Crippen molar-refractivity contribution in [3.63, 3.8) is 0 Å². The van der Waals surface area contributed by atoms with Crippen LogP contribution in [0.3, 0.4) is 0 Å². The predicted molar refractivity (Wildman–Crippen MR) is 183 cm³/mol. The summed E-state index contributed by atoms with van der Waals surface area (Å²) < 4.78 is 36.3. The third kappa shape index (κ3) is 4.98. The van der Waals surface area contributed by atoms with Gasteiger partial charge < -0.3 is 13.9 Å². The summed E-state index contributed by atoms with van der Waals surface area (Å²) in [4.78, 5) is 43.7. The molecule has 1 aliphatic carbocycles. The van der Waals surface area contributed by atoms with E-state index in [-0.39, 0.29) is 23.4 Å². The van der Waals surface area contributed by atoms with Gasteiger partial charge in [0.15, 0.2) is 11.2 Å². The van der Waals surface area contributed by atoms with E-state index >= 15 is 0 Å². The van der Waals surface area contributed by atoms with Crippen LogP contribution >= 0.6 is 0 Å². The number of hydrogen-bond acceptors (Lipinski definition) is 8. The summed E-state index contributed by atoms with van der Waals surface area (Å²) in [6.07, 6.45) is 10.1. The first-order chi connectivity index (χ1) is 24.1. The fourth-order valence-corrected chi connectivity index (χ4v) is 8.41. The molecule has 5 aromatic rings. The van der Waals surface area contributed by atoms with Crippen LogP contribution in [0.15, 0.2) is 51.9 Å². The molecule has 2 saturated heterocycles. The molecule has 0 radical (unpaired) electrons. The van der Waals surface area contributed by atoms with Crippen LogP contribution in [0.5, 0.6) is 5.75 Å². The van der Waals surface area contributed by atoms with E-state index in [1.165, 1.54) is 6.07 Å². The highest BCUT2D eigenvalue weighted by molar-refractivity contribution is 6.05. The van der Waals surface area contributed by atoms with E-state index in [1.54, 1.807) is 35.7 Å². The number of ether oxygens (including phenoxy) is 2. The molecule has 4 aromatic heterocycles. The molecule has 1 saturated carbocycles. The number of carbonyl (C=O) groups is 1. The van der Waals surface area contributed by atoms with Gasteiger partial charge in [0.2, 0.25) is 5.89 Å². The SMILES string of the molecule is Cc1cnc(-c2c(CCC34CCC(CC3)OC4)nc3c(c2-c2ccc4c(c2)OC(C)(C)C(=O)N4Cc2ccc(F)cn2)c(=O)n2n3CCC2)o1. The van der Waals surface area contributed by atoms with Crippen molar-refractivity contribution in [2.24, 2.45) is 5.41 Å². The van der Waals surface area contributed by atoms with Crippen LogP contribution in [-0.4, -0.2) is 48.5 Å². The number of anilines is 1. The average Bonchev–Trinajstić information content (AvgIpc) is 3.84. The lowest BCUT2D eigenvalue weighted by atomic mass is 9.68. The van der Waals surface area contributed by atoms with Crippen molar-refractivity contribution in [1.82, 2.24) is 24.3 Å². The largest absolute Gasteiger partial charge is 0.476 e. The molecule has 0 atom stereocenters. The number of aromatic nitrogens is 5. The normalized spacial score (nSPS) is 22.2. The average molecular weight is 679 g/mol. The Hall–Kier alpha value is -4.84. The van der Waals surface area contributed by atoms with Crippen LogP contribution < -0.4 is 15.2 Å². The molecule has 3 fully saturated rings. The Bertz CT molecular complexity index is 2210. The van der Waals surface area contributed by atoms with Crippen LogP contribution in [0.25, 0.3) is 33.6 Å². The molecule has 11 nitrogen and oxygen atoms in total. The van der Waals surface area contributed by atoms with Crippen molar-refractivity contribution in [3.05, 3.63) is 76.0 Å². The zero-order valence-corrected chi connectivity index (χ0v) is 28.5. The molecule has 0 unspecified atom stereocenters. The molecule has 50 heavy (non-hydrogen) atoms. The maximum Gasteiger partial charge on any atom is 0.276 e. The smallest absolute Gasteiger partial charge is 0.276 e. The molecular formula is C38H39FN6O5. The van der Waals surface area contributed by atoms with Crippen molar-refractivity contribution in [1.29, 1.82) is 0 Å². The number of oxazole rings is 1. The second-order valence-electron chi connectivity index (χ2n) is 14.9. The van der Waals surface area contributed by atoms with Gasteiger partial charge in [0.25, 0.3) is 11.5 Å². The van der Waals surface area contributed by atoms with Gasteiger partial charge in [-0.1, -0.05) is 6.07 Å². The van der Waals surface area contributed by atoms with Crippen molar-refractivity contribution in [2.45, 2.75) is 97.1 Å². The van der Waals surface area contributed by atoms with Gasteiger partial charge in [-0.2, -0.15) is 0 Å². The quantitative estimate of drug-likeness (QED) is 0.195. The number of nitrogens with zero attached hydrogens (tertiary/aromatic N) is 6. The van der Waals surface area contributed by atoms with Gasteiger partial charge in [-0.25, -0.2) is 19.0 Å². The third-order valence-electron chi connectivity index (χ3n) is 11.1. The first kappa shape index (κ1) is 31.2. The molecule has 258 valence electrons. The molecule has 8 heterocycles. The molecule has 1 amide bonds. The highest BCUT2D eigenvalue weighted by Crippen LogP contribution is 2.48. The number of aryl methyl sites for hydroxylation is 3. The van der Waals surface area contributed by atoms with Crippen LogP contribution in [0, 0.1) is 18.2 Å². The summed E-state index contributed by atoms with van der Waals surface area (Å²) in [5, 5.41) is 0.512. The fourth-order valence-electron chi connectivity index (χ4n) is 8.41. The highest BCUT2D eigenvalue weighted by Gasteiger charge is 2.43. The summed E-state index contributed by atoms with van der Waals surface area (Å²) in [5.41, 5.74) is 3.54. The Labute approximate surface area is 288 Å². The standard InChI is InChI=1S/C38H39FN6O5/c1-22-18-41-34(49-22)31-27(11-14-38-12-9-26(10-13-38)48-21-38)42-33-32(35(46)45-16-4-15-44(33)45)30(31)23-5-8-28-29(17-23)50-37(2,3)36(47)43(28)20-25-7-6-24(39)19-40-25/h5-8,17-19,26H,4,9-16,20-21H2,1-3H3. The van der Waals surface area contributed by atoms with Gasteiger partial charge in [0.1, 0.15) is 17.3 Å². The molecule has 2 bridgehead atoms. The monoisotopic (exact) mass is 678 g/mol. The number of fused-ring (bicyclic) bond motifs is 7. The topological polar surface area (TPSA) is 118 Å². The van der Waals surface area contributed by atoms with E-state index in [0.29, 0.717) is 76.6 Å². The van der Waals surface area contributed by atoms with E-state index < -0.39 is 11.4 Å². The fraction of sp³-hybridized carbons (Fsp3) is 0.447. The van der Waals surface area contributed by atoms with Gasteiger partial charge in [-0.3, -0.25) is 24.2 Å². The minimum Gasteiger partial charge on any atom is -0.476 e. The predicted octanol–water partition coefficient (Wildman–Crippen LogP) is 6.36. The molecule has 12 heteroatoms. The van der Waals surface area contributed by atoms with Gasteiger partial charge in [0, 0.05) is 18.7 Å². The Balaban J connectivity index is 1.23. The van der Waals surface area contributed by atoms with Crippen LogP contribution in [0.4, 0.5) is 10.1 Å². The van der Waals surface area contributed by atoms with E-state index in [2.05, 4.69) is 4.98 Å². The molecule has 4 aliphatic heterocycles. The maximum atomic E-state index is 14.3. The summed E-state index contributed by atoms with van der Waals surface area (Å²) >= 11 is 0. The molecule has 10 rings (SSSR count). The molecule has 1 aromatic carbocycles. The van der Waals surface area contributed by atoms with E-state index in [1.807, 2.05) is 29.8 Å². The Kier molecular flexibility index (Phi) is 7.07. The minimum absolute atomic E-state index is 0.105. The summed E-state index contributed by atoms with van der Waals surface area (Å²) in [5.74, 6) is 0.869. The number of hydrogen-bond donors (Lipinski definition) is 0. The number of amides is 1. The Morgan fingerprint density at radius 2 is 1.82 bits per heavy atom. The third-order valence-corrected chi connectivity index (χ3v) is 11.1. The zero-order valence-electron chi connectivity index (χ0n) is 28.5. The number of halogens is 1. The van der Waals surface area contributed by atoms with E-state index in [0.717, 1.165) is 62.6 Å². The van der Waals surface area contributed by atoms with Crippen LogP contribution in [0.2, 0.25) is 0 Å². The lowest BCUT2D eigenvalue weighted by Crippen LogP contribution is -2.52. The van der Waals surface area contributed by atoms with Crippen molar-refractivity contribution < 1.29 is 23.1 Å². The first-order valence-corrected chi connectivity index (χ1v) is 17.6. The van der Waals surface area contributed by atoms with E-state index in [9.17, 15) is 14.0 Å². The molecular weight excluding hydrogens is 639 g/mol. The van der Waals surface area contributed by atoms with E-state index in [4.69, 9.17) is 23.9 Å². The first-order valence-electron chi connectivity index (χ1n) is 17.6. The van der Waals surface area contributed by atoms with Gasteiger partial charge >= 0.3 is 0 Å². The van der Waals surface area contributed by atoms with Crippen molar-refractivity contribution >= 4 is 22.6 Å². The highest BCUT2D eigenvalue weighted by atomic mass is 19.1. The number of pyridine rings is 2. The number of carbonyl (C=O) groups excluding carboxylic acids is 1. The van der Waals surface area contributed by atoms with Crippen molar-refractivity contribution in [2.75, 3.05) is 11.5 Å². The zero-order chi connectivity index (χ0) is 34.4. The summed E-state index contributed by atoms with van der Waals surface area (Å²) in [6.45, 7) is 7.55. The number of benzene rings is 1. The number of rotatable bonds is 7. The lowest BCUT2D eigenvalue weighted by molar-refractivity contribution is -0.132. The van der Waals surface area contributed by atoms with Crippen molar-refractivity contribution in [3.8, 4) is 28.3 Å². The summed E-state index contributed by atoms with van der Waals surface area (Å²) in [6, 6.07) is 8.56. The minimum atomic E-state index is -1.19. The molecule has 0 spiro atoms. The molecule has 0 N–H and O–H groups in total. The summed E-state index contributed by atoms with van der Waals surface area (Å²) in [7, 11) is 0. The second kappa shape index (κ2) is 11.3. The lowest BCUT2D eigenvalue weighted by Gasteiger charge is -2.46. The van der Waals surface area contributed by atoms with Gasteiger partial charge in [-0.15, -0.1) is 0 Å². The van der Waals surface area contributed by atoms with Crippen LogP contribution in [0.1, 0.15) is 69.5 Å². The molecule has 5 aliphatic rings. The Morgan fingerprint density at radius 1 is 1.00 bits per heavy atom. The Morgan fingerprint density at radius 3 is 2.54 bits per heavy atom. The maximum absolute atomic E-state index is 14.3. The van der Waals surface area contributed by atoms with Crippen LogP contribution in [-0.2, 0) is 35.6 Å².